The van der Waals surface area contributed by atoms with Crippen molar-refractivity contribution in [3.63, 3.8) is 0 Å². The van der Waals surface area contributed by atoms with E-state index in [1.165, 1.54) is 13.2 Å². The topological polar surface area (TPSA) is 55.5 Å². The molecule has 0 bridgehead atoms. The van der Waals surface area contributed by atoms with Crippen molar-refractivity contribution in [2.24, 2.45) is 11.7 Å². The molecular weight excluding hydrogens is 257 g/mol. The van der Waals surface area contributed by atoms with Crippen molar-refractivity contribution in [3.05, 3.63) is 29.6 Å². The Morgan fingerprint density at radius 2 is 2.11 bits per heavy atom. The molecule has 0 heterocycles. The number of nitrogens with two attached hydrogens (primary N) is 1. The molecule has 5 heteroatoms. The molecule has 1 aliphatic rings. The predicted octanol–water partition coefficient (Wildman–Crippen LogP) is 2.42. The first kappa shape index (κ1) is 15.2. The highest BCUT2D eigenvalue weighted by molar-refractivity contribution is 5.85. The lowest BCUT2D eigenvalue weighted by molar-refractivity contribution is 0.0404. The zero-order valence-corrected chi connectivity index (χ0v) is 11.1. The summed E-state index contributed by atoms with van der Waals surface area (Å²) in [5, 5.41) is 10.0. The Kier molecular flexibility index (Phi) is 5.38. The number of aliphatic hydroxyl groups is 1. The molecule has 0 unspecified atom stereocenters. The van der Waals surface area contributed by atoms with Gasteiger partial charge in [0, 0.05) is 5.56 Å². The lowest BCUT2D eigenvalue weighted by Gasteiger charge is -2.33. The van der Waals surface area contributed by atoms with Crippen molar-refractivity contribution in [2.75, 3.05) is 7.11 Å². The maximum atomic E-state index is 13.7. The number of benzene rings is 1. The second-order valence-electron chi connectivity index (χ2n) is 4.59. The van der Waals surface area contributed by atoms with Gasteiger partial charge in [-0.1, -0.05) is 6.42 Å². The Balaban J connectivity index is 0.00000162. The first-order valence-electron chi connectivity index (χ1n) is 5.90. The summed E-state index contributed by atoms with van der Waals surface area (Å²) < 4.78 is 18.7. The maximum absolute atomic E-state index is 13.7. The van der Waals surface area contributed by atoms with Crippen molar-refractivity contribution >= 4 is 12.4 Å². The van der Waals surface area contributed by atoms with Crippen LogP contribution >= 0.6 is 12.4 Å². The lowest BCUT2D eigenvalue weighted by atomic mass is 9.77. The molecule has 1 fully saturated rings. The van der Waals surface area contributed by atoms with Crippen LogP contribution in [0.5, 0.6) is 5.75 Å². The average molecular weight is 276 g/mol. The van der Waals surface area contributed by atoms with Gasteiger partial charge in [0.15, 0.2) is 0 Å². The fraction of sp³-hybridized carbons (Fsp3) is 0.538. The van der Waals surface area contributed by atoms with Gasteiger partial charge in [-0.05, 0) is 37.0 Å². The fourth-order valence-electron chi connectivity index (χ4n) is 2.16. The third kappa shape index (κ3) is 2.94. The number of hydrogen-bond acceptors (Lipinski definition) is 3. The number of halogens is 2. The summed E-state index contributed by atoms with van der Waals surface area (Å²) in [6, 6.07) is 3.74. The minimum Gasteiger partial charge on any atom is -0.497 e. The molecule has 1 aromatic carbocycles. The molecule has 0 saturated heterocycles. The second-order valence-corrected chi connectivity index (χ2v) is 4.59. The fourth-order valence-corrected chi connectivity index (χ4v) is 2.16. The largest absolute Gasteiger partial charge is 0.497 e. The number of aliphatic hydroxyl groups excluding tert-OH is 1. The first-order valence-corrected chi connectivity index (χ1v) is 5.90. The van der Waals surface area contributed by atoms with Crippen LogP contribution in [0.15, 0.2) is 18.2 Å². The van der Waals surface area contributed by atoms with Gasteiger partial charge in [0.1, 0.15) is 11.6 Å². The number of hydrogen-bond donors (Lipinski definition) is 2. The van der Waals surface area contributed by atoms with Crippen molar-refractivity contribution in [1.29, 1.82) is 0 Å². The molecule has 2 atom stereocenters. The Morgan fingerprint density at radius 1 is 1.44 bits per heavy atom. The van der Waals surface area contributed by atoms with Crippen LogP contribution in [-0.2, 0) is 0 Å². The molecule has 102 valence electrons. The molecular formula is C13H19ClFNO2. The SMILES string of the molecule is COc1ccc(F)c([C@H](N)[C@H](O)C2CCC2)c1.Cl. The maximum Gasteiger partial charge on any atom is 0.128 e. The molecule has 3 N–H and O–H groups in total. The molecule has 0 amide bonds. The highest BCUT2D eigenvalue weighted by Gasteiger charge is 2.31. The van der Waals surface area contributed by atoms with Gasteiger partial charge in [-0.2, -0.15) is 0 Å². The first-order chi connectivity index (χ1) is 8.13. The standard InChI is InChI=1S/C13H18FNO2.ClH/c1-17-9-5-6-11(14)10(7-9)12(15)13(16)8-3-2-4-8;/h5-8,12-13,16H,2-4,15H2,1H3;1H/t12-,13+;/m0./s1. The summed E-state index contributed by atoms with van der Waals surface area (Å²) in [6.45, 7) is 0. The van der Waals surface area contributed by atoms with E-state index in [-0.39, 0.29) is 18.3 Å². The molecule has 0 aliphatic heterocycles. The quantitative estimate of drug-likeness (QED) is 0.887. The summed E-state index contributed by atoms with van der Waals surface area (Å²) in [5.74, 6) is 0.366. The van der Waals surface area contributed by atoms with Gasteiger partial charge >= 0.3 is 0 Å². The molecule has 1 aromatic rings. The smallest absolute Gasteiger partial charge is 0.128 e. The minimum absolute atomic E-state index is 0. The van der Waals surface area contributed by atoms with E-state index in [0.717, 1.165) is 19.3 Å². The van der Waals surface area contributed by atoms with Crippen LogP contribution in [0.25, 0.3) is 0 Å². The molecule has 0 radical (unpaired) electrons. The molecule has 1 aliphatic carbocycles. The summed E-state index contributed by atoms with van der Waals surface area (Å²) in [6.07, 6.45) is 2.39. The summed E-state index contributed by atoms with van der Waals surface area (Å²) in [7, 11) is 1.52. The summed E-state index contributed by atoms with van der Waals surface area (Å²) >= 11 is 0. The zero-order chi connectivity index (χ0) is 12.4. The molecule has 0 spiro atoms. The van der Waals surface area contributed by atoms with Crippen molar-refractivity contribution < 1.29 is 14.2 Å². The van der Waals surface area contributed by atoms with Gasteiger partial charge in [-0.15, -0.1) is 12.4 Å². The third-order valence-electron chi connectivity index (χ3n) is 3.56. The van der Waals surface area contributed by atoms with Crippen LogP contribution in [0.4, 0.5) is 4.39 Å². The zero-order valence-electron chi connectivity index (χ0n) is 10.3. The summed E-state index contributed by atoms with van der Waals surface area (Å²) in [4.78, 5) is 0. The van der Waals surface area contributed by atoms with Crippen LogP contribution in [0.1, 0.15) is 30.9 Å². The number of ether oxygens (including phenoxy) is 1. The van der Waals surface area contributed by atoms with Crippen LogP contribution in [0.2, 0.25) is 0 Å². The van der Waals surface area contributed by atoms with Crippen LogP contribution < -0.4 is 10.5 Å². The van der Waals surface area contributed by atoms with Gasteiger partial charge in [-0.3, -0.25) is 0 Å². The van der Waals surface area contributed by atoms with Crippen molar-refractivity contribution in [3.8, 4) is 5.75 Å². The van der Waals surface area contributed by atoms with E-state index in [1.807, 2.05) is 0 Å². The van der Waals surface area contributed by atoms with E-state index < -0.39 is 18.0 Å². The van der Waals surface area contributed by atoms with E-state index in [0.29, 0.717) is 11.3 Å². The van der Waals surface area contributed by atoms with E-state index in [4.69, 9.17) is 10.5 Å². The molecule has 3 nitrogen and oxygen atoms in total. The van der Waals surface area contributed by atoms with Crippen LogP contribution in [-0.4, -0.2) is 18.3 Å². The van der Waals surface area contributed by atoms with Crippen LogP contribution in [0, 0.1) is 11.7 Å². The highest BCUT2D eigenvalue weighted by Crippen LogP contribution is 2.35. The third-order valence-corrected chi connectivity index (χ3v) is 3.56. The van der Waals surface area contributed by atoms with Crippen LogP contribution in [0.3, 0.4) is 0 Å². The summed E-state index contributed by atoms with van der Waals surface area (Å²) in [5.41, 5.74) is 6.25. The Hall–Kier alpha value is -0.840. The Morgan fingerprint density at radius 3 is 2.61 bits per heavy atom. The van der Waals surface area contributed by atoms with Gasteiger partial charge in [0.25, 0.3) is 0 Å². The number of rotatable bonds is 4. The van der Waals surface area contributed by atoms with E-state index in [1.54, 1.807) is 12.1 Å². The average Bonchev–Trinajstić information content (AvgIpc) is 2.26. The van der Waals surface area contributed by atoms with E-state index in [2.05, 4.69) is 0 Å². The molecule has 2 rings (SSSR count). The van der Waals surface area contributed by atoms with Gasteiger partial charge in [-0.25, -0.2) is 4.39 Å². The monoisotopic (exact) mass is 275 g/mol. The van der Waals surface area contributed by atoms with E-state index >= 15 is 0 Å². The highest BCUT2D eigenvalue weighted by atomic mass is 35.5. The predicted molar refractivity (Wildman–Crippen MR) is 70.5 cm³/mol. The normalized spacial score (nSPS) is 18.4. The van der Waals surface area contributed by atoms with Gasteiger partial charge in [0.05, 0.1) is 19.3 Å². The molecule has 1 saturated carbocycles. The Bertz CT molecular complexity index is 399. The molecule has 18 heavy (non-hydrogen) atoms. The van der Waals surface area contributed by atoms with Crippen molar-refractivity contribution in [2.45, 2.75) is 31.4 Å². The van der Waals surface area contributed by atoms with E-state index in [9.17, 15) is 9.50 Å². The Labute approximate surface area is 113 Å². The number of methoxy groups -OCH3 is 1. The van der Waals surface area contributed by atoms with Gasteiger partial charge in [0.2, 0.25) is 0 Å². The molecule has 0 aromatic heterocycles. The lowest BCUT2D eigenvalue weighted by Crippen LogP contribution is -2.36. The second kappa shape index (κ2) is 6.36. The van der Waals surface area contributed by atoms with Gasteiger partial charge < -0.3 is 15.6 Å². The minimum atomic E-state index is -0.685. The van der Waals surface area contributed by atoms with Crippen molar-refractivity contribution in [1.82, 2.24) is 0 Å².